The Hall–Kier alpha value is -0.683. The Morgan fingerprint density at radius 3 is 1.12 bits per heavy atom. The Morgan fingerprint density at radius 2 is 1.09 bits per heavy atom. The summed E-state index contributed by atoms with van der Waals surface area (Å²) in [5, 5.41) is 0. The van der Waals surface area contributed by atoms with E-state index in [1.807, 2.05) is 24.3 Å². The van der Waals surface area contributed by atoms with E-state index < -0.39 is 31.3 Å². The van der Waals surface area contributed by atoms with Crippen molar-refractivity contribution in [3.63, 3.8) is 0 Å². The number of allylic oxidation sites excluding steroid dienone is 8. The molecule has 0 fully saturated rings. The number of alkyl halides is 6. The van der Waals surface area contributed by atoms with Gasteiger partial charge in [0.1, 0.15) is 0 Å². The summed E-state index contributed by atoms with van der Waals surface area (Å²) in [6.45, 7) is 9.45. The predicted molar refractivity (Wildman–Crippen MR) is 108 cm³/mol. The molecule has 0 aromatic carbocycles. The minimum Gasteiger partial charge on any atom is -0.741 e. The average Bonchev–Trinajstić information content (AvgIpc) is 3.30. The molecule has 0 bridgehead atoms. The van der Waals surface area contributed by atoms with E-state index in [4.69, 9.17) is 25.9 Å². The third-order valence-electron chi connectivity index (χ3n) is 2.24. The number of hydrogen-bond donors (Lipinski definition) is 0. The van der Waals surface area contributed by atoms with Crippen LogP contribution in [-0.4, -0.2) is 45.7 Å². The first kappa shape index (κ1) is 36.9. The van der Waals surface area contributed by atoms with Crippen molar-refractivity contribution in [1.29, 1.82) is 0 Å². The van der Waals surface area contributed by atoms with Crippen LogP contribution < -0.4 is 0 Å². The van der Waals surface area contributed by atoms with Crippen molar-refractivity contribution in [3.8, 4) is 0 Å². The monoisotopic (exact) mass is 708 g/mol. The van der Waals surface area contributed by atoms with E-state index in [1.165, 1.54) is 0 Å². The van der Waals surface area contributed by atoms with Crippen molar-refractivity contribution in [2.24, 2.45) is 0 Å². The molecule has 0 spiro atoms. The van der Waals surface area contributed by atoms with Gasteiger partial charge in [0.05, 0.1) is 0 Å². The van der Waals surface area contributed by atoms with Gasteiger partial charge in [-0.1, -0.05) is 0 Å². The molecule has 0 atom stereocenters. The molecule has 6 nitrogen and oxygen atoms in total. The van der Waals surface area contributed by atoms with Crippen molar-refractivity contribution in [2.45, 2.75) is 50.8 Å². The third-order valence-corrected chi connectivity index (χ3v) is 15.2. The Balaban J connectivity index is -0.000000344. The standard InChI is InChI=1S/2C5H5.C3H6.C2H6Si.2CHF3O3S.Hf/c2*1-2-4-5-3-1;2*1-3-2;2*2-1(3,4)8(5,6)7;/h2*1-3H,4H2;2*1-2H3;2*(H,5,6,7);/q2*-1;;;;;/p-2. The van der Waals surface area contributed by atoms with Gasteiger partial charge in [-0.15, -0.1) is 12.8 Å². The molecule has 33 heavy (non-hydrogen) atoms. The van der Waals surface area contributed by atoms with Gasteiger partial charge in [-0.3, -0.25) is 12.2 Å². The quantitative estimate of drug-likeness (QED) is 0.122. The van der Waals surface area contributed by atoms with Crippen molar-refractivity contribution in [1.82, 2.24) is 0 Å². The molecule has 2 rings (SSSR count). The fourth-order valence-corrected chi connectivity index (χ4v) is 13.0. The van der Waals surface area contributed by atoms with Crippen molar-refractivity contribution >= 4 is 29.0 Å². The van der Waals surface area contributed by atoms with Gasteiger partial charge in [-0.25, -0.2) is 41.1 Å². The zero-order valence-corrected chi connectivity index (χ0v) is 24.1. The molecule has 0 heterocycles. The van der Waals surface area contributed by atoms with Crippen molar-refractivity contribution in [2.75, 3.05) is 0 Å². The largest absolute Gasteiger partial charge is 0.741 e. The minimum absolute atomic E-state index is 0.133. The van der Waals surface area contributed by atoms with Crippen LogP contribution in [-0.2, 0) is 41.3 Å². The van der Waals surface area contributed by atoms with Crippen LogP contribution in [0, 0.1) is 12.2 Å². The second kappa shape index (κ2) is 17.7. The smallest absolute Gasteiger partial charge is 0.485 e. The summed E-state index contributed by atoms with van der Waals surface area (Å²) in [7, 11) is -12.2. The number of halogens is 6. The summed E-state index contributed by atoms with van der Waals surface area (Å²) < 4.78 is 120. The van der Waals surface area contributed by atoms with Gasteiger partial charge < -0.3 is 9.11 Å². The van der Waals surface area contributed by atoms with Crippen LogP contribution >= 0.6 is 0 Å². The summed E-state index contributed by atoms with van der Waals surface area (Å²) in [6.07, 6.45) is 20.0. The Bertz CT molecular complexity index is 868. The molecule has 192 valence electrons. The van der Waals surface area contributed by atoms with E-state index in [1.54, 1.807) is 3.26 Å². The van der Waals surface area contributed by atoms with Crippen molar-refractivity contribution in [3.05, 3.63) is 48.6 Å². The molecular formula is C17H22F6HfO6S2Si-4. The predicted octanol–water partition coefficient (Wildman–Crippen LogP) is 4.25. The summed E-state index contributed by atoms with van der Waals surface area (Å²) in [6, 6.07) is 0. The van der Waals surface area contributed by atoms with Crippen LogP contribution in [0.3, 0.4) is 0 Å². The molecule has 0 aliphatic heterocycles. The molecular weight excluding hydrogens is 685 g/mol. The summed E-state index contributed by atoms with van der Waals surface area (Å²) >= 11 is -0.133. The maximum atomic E-state index is 10.7. The Kier molecular flexibility index (Phi) is 19.8. The molecule has 0 saturated heterocycles. The van der Waals surface area contributed by atoms with Crippen LogP contribution in [0.25, 0.3) is 0 Å². The fraction of sp³-hybridized carbons (Fsp3) is 0.471. The second-order valence-corrected chi connectivity index (χ2v) is 28.0. The van der Waals surface area contributed by atoms with E-state index in [-0.39, 0.29) is 26.5 Å². The SMILES string of the molecule is C[C](C)=[Hf]=[Si](C)C.O=S(=O)([O-])C(F)(F)F.O=S(=O)([O-])C(F)(F)F.[C-]1=CC=CC1.[C-]1=CC=CC1. The van der Waals surface area contributed by atoms with Gasteiger partial charge >= 0.3 is 67.8 Å². The molecule has 0 amide bonds. The maximum Gasteiger partial charge on any atom is 0.485 e. The van der Waals surface area contributed by atoms with Gasteiger partial charge in [0.2, 0.25) is 0 Å². The second-order valence-electron chi connectivity index (χ2n) is 5.93. The van der Waals surface area contributed by atoms with Crippen LogP contribution in [0.4, 0.5) is 26.3 Å². The zero-order chi connectivity index (χ0) is 26.9. The number of rotatable bonds is 0. The first-order valence-corrected chi connectivity index (χ1v) is 21.0. The van der Waals surface area contributed by atoms with Gasteiger partial charge in [-0.05, 0) is 0 Å². The van der Waals surface area contributed by atoms with Crippen LogP contribution in [0.2, 0.25) is 13.1 Å². The Labute approximate surface area is 201 Å². The molecule has 16 heteroatoms. The number of hydrogen-bond acceptors (Lipinski definition) is 6. The summed E-state index contributed by atoms with van der Waals surface area (Å²) in [5.41, 5.74) is -11.1. The van der Waals surface area contributed by atoms with E-state index in [0.717, 1.165) is 12.8 Å². The zero-order valence-electron chi connectivity index (χ0n) is 17.9. The van der Waals surface area contributed by atoms with Gasteiger partial charge in [0.15, 0.2) is 20.2 Å². The third kappa shape index (κ3) is 27.4. The first-order chi connectivity index (χ1) is 14.6. The first-order valence-electron chi connectivity index (χ1n) is 8.48. The van der Waals surface area contributed by atoms with E-state index >= 15 is 0 Å². The summed E-state index contributed by atoms with van der Waals surface area (Å²) in [5.74, 6) is 0. The van der Waals surface area contributed by atoms with E-state index in [0.29, 0.717) is 0 Å². The molecule has 0 saturated carbocycles. The fourth-order valence-electron chi connectivity index (χ4n) is 1.18. The van der Waals surface area contributed by atoms with Gasteiger partial charge in [0, 0.05) is 0 Å². The van der Waals surface area contributed by atoms with Crippen LogP contribution in [0.5, 0.6) is 0 Å². The van der Waals surface area contributed by atoms with Crippen LogP contribution in [0.15, 0.2) is 36.5 Å². The van der Waals surface area contributed by atoms with E-state index in [9.17, 15) is 26.3 Å². The molecule has 2 aliphatic carbocycles. The molecule has 0 aromatic rings. The normalized spacial score (nSPS) is 13.7. The topological polar surface area (TPSA) is 114 Å². The van der Waals surface area contributed by atoms with Crippen molar-refractivity contribution < 1.29 is 73.3 Å². The molecule has 0 aromatic heterocycles. The average molecular weight is 707 g/mol. The molecule has 0 N–H and O–H groups in total. The molecule has 0 unspecified atom stereocenters. The maximum absolute atomic E-state index is 10.7. The van der Waals surface area contributed by atoms with Gasteiger partial charge in [-0.2, -0.15) is 38.5 Å². The summed E-state index contributed by atoms with van der Waals surface area (Å²) in [4.78, 5) is 0. The minimum atomic E-state index is -6.09. The van der Waals surface area contributed by atoms with E-state index in [2.05, 4.69) is 51.2 Å². The molecule has 0 radical (unpaired) electrons. The van der Waals surface area contributed by atoms with Crippen LogP contribution in [0.1, 0.15) is 26.7 Å². The Morgan fingerprint density at radius 1 is 0.818 bits per heavy atom. The molecule has 2 aliphatic rings. The van der Waals surface area contributed by atoms with Gasteiger partial charge in [0.25, 0.3) is 0 Å².